The number of rotatable bonds is 2. The van der Waals surface area contributed by atoms with Gasteiger partial charge in [-0.15, -0.1) is 0 Å². The minimum atomic E-state index is -0.261. The van der Waals surface area contributed by atoms with Crippen molar-refractivity contribution in [3.63, 3.8) is 0 Å². The van der Waals surface area contributed by atoms with Gasteiger partial charge < -0.3 is 9.47 Å². The quantitative estimate of drug-likeness (QED) is 0.718. The molecule has 1 saturated heterocycles. The zero-order chi connectivity index (χ0) is 11.4. The monoisotopic (exact) mass is 220 g/mol. The molecular weight excluding hydrogens is 204 g/mol. The zero-order valence-electron chi connectivity index (χ0n) is 9.39. The highest BCUT2D eigenvalue weighted by Gasteiger charge is 2.25. The molecule has 1 aliphatic heterocycles. The molecule has 1 aromatic carbocycles. The van der Waals surface area contributed by atoms with Crippen LogP contribution in [0.2, 0.25) is 0 Å². The summed E-state index contributed by atoms with van der Waals surface area (Å²) in [5, 5.41) is 0. The van der Waals surface area contributed by atoms with Crippen LogP contribution >= 0.6 is 0 Å². The molecule has 0 aliphatic carbocycles. The van der Waals surface area contributed by atoms with E-state index in [1.807, 2.05) is 25.1 Å². The van der Waals surface area contributed by atoms with E-state index in [9.17, 15) is 4.79 Å². The summed E-state index contributed by atoms with van der Waals surface area (Å²) in [5.74, 6) is -0.261. The number of hydrogen-bond donors (Lipinski definition) is 0. The number of carbonyl (C=O) groups is 1. The van der Waals surface area contributed by atoms with Crippen LogP contribution in [0.1, 0.15) is 30.1 Å². The maximum absolute atomic E-state index is 11.8. The van der Waals surface area contributed by atoms with E-state index in [2.05, 4.69) is 0 Å². The van der Waals surface area contributed by atoms with Gasteiger partial charge in [-0.05, 0) is 31.9 Å². The molecule has 0 saturated carbocycles. The van der Waals surface area contributed by atoms with Crippen LogP contribution in [-0.4, -0.2) is 24.8 Å². The third-order valence-corrected chi connectivity index (χ3v) is 2.81. The second-order valence-electron chi connectivity index (χ2n) is 4.03. The average molecular weight is 220 g/mol. The van der Waals surface area contributed by atoms with Crippen molar-refractivity contribution < 1.29 is 14.3 Å². The van der Waals surface area contributed by atoms with Crippen molar-refractivity contribution in [1.82, 2.24) is 0 Å². The van der Waals surface area contributed by atoms with Gasteiger partial charge in [0.25, 0.3) is 0 Å². The zero-order valence-corrected chi connectivity index (χ0v) is 9.39. The van der Waals surface area contributed by atoms with Crippen LogP contribution in [0.3, 0.4) is 0 Å². The van der Waals surface area contributed by atoms with Crippen LogP contribution in [0, 0.1) is 0 Å². The van der Waals surface area contributed by atoms with Crippen molar-refractivity contribution in [2.45, 2.75) is 32.0 Å². The molecule has 0 aromatic heterocycles. The summed E-state index contributed by atoms with van der Waals surface area (Å²) in [6.07, 6.45) is 1.74. The van der Waals surface area contributed by atoms with E-state index in [1.165, 1.54) is 0 Å². The molecule has 2 unspecified atom stereocenters. The van der Waals surface area contributed by atoms with Crippen molar-refractivity contribution in [3.05, 3.63) is 35.9 Å². The lowest BCUT2D eigenvalue weighted by Crippen LogP contribution is -2.35. The Morgan fingerprint density at radius 1 is 1.38 bits per heavy atom. The predicted molar refractivity (Wildman–Crippen MR) is 60.3 cm³/mol. The van der Waals surface area contributed by atoms with E-state index in [0.717, 1.165) is 19.4 Å². The lowest BCUT2D eigenvalue weighted by Gasteiger charge is -2.28. The standard InChI is InChI=1S/C13H16O3/c1-10-12(8-5-9-15-10)16-13(14)11-6-3-2-4-7-11/h2-4,6-7,10,12H,5,8-9H2,1H3. The minimum absolute atomic E-state index is 0.00131. The van der Waals surface area contributed by atoms with Crippen molar-refractivity contribution in [2.24, 2.45) is 0 Å². The summed E-state index contributed by atoms with van der Waals surface area (Å²) in [6.45, 7) is 2.71. The maximum Gasteiger partial charge on any atom is 0.338 e. The van der Waals surface area contributed by atoms with Crippen molar-refractivity contribution in [1.29, 1.82) is 0 Å². The summed E-state index contributed by atoms with van der Waals surface area (Å²) in [4.78, 5) is 11.8. The molecule has 1 aromatic rings. The number of ether oxygens (including phenoxy) is 2. The number of carbonyl (C=O) groups excluding carboxylic acids is 1. The Morgan fingerprint density at radius 2 is 2.12 bits per heavy atom. The van der Waals surface area contributed by atoms with Gasteiger partial charge in [-0.2, -0.15) is 0 Å². The van der Waals surface area contributed by atoms with E-state index in [-0.39, 0.29) is 18.2 Å². The van der Waals surface area contributed by atoms with E-state index in [1.54, 1.807) is 12.1 Å². The van der Waals surface area contributed by atoms with Gasteiger partial charge in [-0.3, -0.25) is 0 Å². The van der Waals surface area contributed by atoms with Crippen molar-refractivity contribution >= 4 is 5.97 Å². The summed E-state index contributed by atoms with van der Waals surface area (Å²) >= 11 is 0. The Balaban J connectivity index is 1.96. The molecule has 3 nitrogen and oxygen atoms in total. The van der Waals surface area contributed by atoms with E-state index < -0.39 is 0 Å². The highest BCUT2D eigenvalue weighted by molar-refractivity contribution is 5.89. The van der Waals surface area contributed by atoms with Crippen LogP contribution in [-0.2, 0) is 9.47 Å². The first-order valence-electron chi connectivity index (χ1n) is 5.65. The number of esters is 1. The van der Waals surface area contributed by atoms with E-state index >= 15 is 0 Å². The lowest BCUT2D eigenvalue weighted by atomic mass is 10.1. The topological polar surface area (TPSA) is 35.5 Å². The molecule has 16 heavy (non-hydrogen) atoms. The maximum atomic E-state index is 11.8. The molecule has 2 atom stereocenters. The van der Waals surface area contributed by atoms with Gasteiger partial charge in [0.05, 0.1) is 11.7 Å². The average Bonchev–Trinajstić information content (AvgIpc) is 2.33. The first kappa shape index (κ1) is 11.1. The third-order valence-electron chi connectivity index (χ3n) is 2.81. The Labute approximate surface area is 95.4 Å². The smallest absolute Gasteiger partial charge is 0.338 e. The summed E-state index contributed by atoms with van der Waals surface area (Å²) in [7, 11) is 0. The molecule has 0 N–H and O–H groups in total. The van der Waals surface area contributed by atoms with Crippen LogP contribution in [0.5, 0.6) is 0 Å². The Bertz CT molecular complexity index is 347. The molecule has 0 spiro atoms. The fourth-order valence-electron chi connectivity index (χ4n) is 1.83. The molecule has 0 amide bonds. The van der Waals surface area contributed by atoms with Crippen LogP contribution in [0.25, 0.3) is 0 Å². The fourth-order valence-corrected chi connectivity index (χ4v) is 1.83. The van der Waals surface area contributed by atoms with Crippen LogP contribution in [0.4, 0.5) is 0 Å². The van der Waals surface area contributed by atoms with Gasteiger partial charge >= 0.3 is 5.97 Å². The predicted octanol–water partition coefficient (Wildman–Crippen LogP) is 2.41. The second kappa shape index (κ2) is 5.12. The molecular formula is C13H16O3. The van der Waals surface area contributed by atoms with Gasteiger partial charge in [-0.1, -0.05) is 18.2 Å². The summed E-state index contributed by atoms with van der Waals surface area (Å²) < 4.78 is 10.9. The van der Waals surface area contributed by atoms with E-state index in [0.29, 0.717) is 5.56 Å². The molecule has 1 aliphatic rings. The second-order valence-corrected chi connectivity index (χ2v) is 4.03. The van der Waals surface area contributed by atoms with Gasteiger partial charge in [-0.25, -0.2) is 4.79 Å². The largest absolute Gasteiger partial charge is 0.456 e. The number of benzene rings is 1. The van der Waals surface area contributed by atoms with E-state index in [4.69, 9.17) is 9.47 Å². The Morgan fingerprint density at radius 3 is 2.81 bits per heavy atom. The van der Waals surface area contributed by atoms with Crippen molar-refractivity contribution in [3.8, 4) is 0 Å². The molecule has 0 bridgehead atoms. The summed E-state index contributed by atoms with van der Waals surface area (Å²) in [6, 6.07) is 9.06. The normalized spacial score (nSPS) is 25.1. The number of hydrogen-bond acceptors (Lipinski definition) is 3. The SMILES string of the molecule is CC1OCCCC1OC(=O)c1ccccc1. The van der Waals surface area contributed by atoms with Gasteiger partial charge in [0, 0.05) is 6.61 Å². The summed E-state index contributed by atoms with van der Waals surface area (Å²) in [5.41, 5.74) is 0.597. The first-order chi connectivity index (χ1) is 7.77. The molecule has 2 rings (SSSR count). The lowest BCUT2D eigenvalue weighted by molar-refractivity contribution is -0.0752. The Hall–Kier alpha value is -1.35. The van der Waals surface area contributed by atoms with Crippen LogP contribution in [0.15, 0.2) is 30.3 Å². The molecule has 1 heterocycles. The molecule has 1 fully saturated rings. The highest BCUT2D eigenvalue weighted by atomic mass is 16.6. The third kappa shape index (κ3) is 2.61. The fraction of sp³-hybridized carbons (Fsp3) is 0.462. The minimum Gasteiger partial charge on any atom is -0.456 e. The van der Waals surface area contributed by atoms with Gasteiger partial charge in [0.15, 0.2) is 0 Å². The first-order valence-corrected chi connectivity index (χ1v) is 5.65. The molecule has 3 heteroatoms. The molecule has 0 radical (unpaired) electrons. The molecule has 86 valence electrons. The van der Waals surface area contributed by atoms with Crippen molar-refractivity contribution in [2.75, 3.05) is 6.61 Å². The van der Waals surface area contributed by atoms with Gasteiger partial charge in [0.2, 0.25) is 0 Å². The Kier molecular flexibility index (Phi) is 3.57. The van der Waals surface area contributed by atoms with Crippen LogP contribution < -0.4 is 0 Å². The van der Waals surface area contributed by atoms with Gasteiger partial charge in [0.1, 0.15) is 6.10 Å². The highest BCUT2D eigenvalue weighted by Crippen LogP contribution is 2.18.